The fourth-order valence-corrected chi connectivity index (χ4v) is 4.21. The van der Waals surface area contributed by atoms with Crippen LogP contribution < -0.4 is 10.2 Å². The molecule has 4 rings (SSSR count). The summed E-state index contributed by atoms with van der Waals surface area (Å²) in [4.78, 5) is 16.3. The average Bonchev–Trinajstić information content (AvgIpc) is 2.81. The van der Waals surface area contributed by atoms with Crippen LogP contribution in [0.2, 0.25) is 0 Å². The van der Waals surface area contributed by atoms with Crippen LogP contribution in [0.25, 0.3) is 0 Å². The van der Waals surface area contributed by atoms with Gasteiger partial charge in [0.05, 0.1) is 12.7 Å². The summed E-state index contributed by atoms with van der Waals surface area (Å²) in [6.07, 6.45) is 2.22. The van der Waals surface area contributed by atoms with Crippen molar-refractivity contribution in [3.8, 4) is 0 Å². The molecular formula is C24H34N6O. The second-order valence-electron chi connectivity index (χ2n) is 8.30. The van der Waals surface area contributed by atoms with Gasteiger partial charge in [0.25, 0.3) is 0 Å². The number of guanidine groups is 1. The Morgan fingerprint density at radius 3 is 2.55 bits per heavy atom. The van der Waals surface area contributed by atoms with Gasteiger partial charge in [-0.05, 0) is 24.1 Å². The van der Waals surface area contributed by atoms with Gasteiger partial charge in [-0.25, -0.2) is 4.98 Å². The summed E-state index contributed by atoms with van der Waals surface area (Å²) in [6, 6.07) is 15.0. The molecule has 1 unspecified atom stereocenters. The number of ether oxygens (including phenoxy) is 1. The van der Waals surface area contributed by atoms with Crippen molar-refractivity contribution in [2.75, 3.05) is 57.8 Å². The number of rotatable bonds is 5. The Balaban J connectivity index is 1.24. The fourth-order valence-electron chi connectivity index (χ4n) is 4.21. The highest BCUT2D eigenvalue weighted by Crippen LogP contribution is 2.15. The summed E-state index contributed by atoms with van der Waals surface area (Å²) in [7, 11) is 1.86. The van der Waals surface area contributed by atoms with E-state index in [0.29, 0.717) is 0 Å². The number of aliphatic imine (C=N–C) groups is 1. The van der Waals surface area contributed by atoms with Crippen molar-refractivity contribution >= 4 is 11.8 Å². The maximum absolute atomic E-state index is 5.62. The maximum atomic E-state index is 5.62. The lowest BCUT2D eigenvalue weighted by Crippen LogP contribution is -2.52. The van der Waals surface area contributed by atoms with Crippen molar-refractivity contribution in [2.45, 2.75) is 26.1 Å². The van der Waals surface area contributed by atoms with Crippen molar-refractivity contribution in [1.29, 1.82) is 0 Å². The van der Waals surface area contributed by atoms with Crippen LogP contribution in [0, 0.1) is 0 Å². The number of morpholine rings is 1. The van der Waals surface area contributed by atoms with Crippen LogP contribution in [0.15, 0.2) is 53.7 Å². The lowest BCUT2D eigenvalue weighted by Gasteiger charge is -2.36. The van der Waals surface area contributed by atoms with Crippen LogP contribution in [-0.2, 0) is 17.8 Å². The molecule has 1 aromatic heterocycles. The van der Waals surface area contributed by atoms with Gasteiger partial charge >= 0.3 is 0 Å². The Morgan fingerprint density at radius 2 is 1.87 bits per heavy atom. The van der Waals surface area contributed by atoms with Crippen molar-refractivity contribution in [3.63, 3.8) is 0 Å². The topological polar surface area (TPSA) is 56.2 Å². The van der Waals surface area contributed by atoms with Crippen LogP contribution in [0.3, 0.4) is 0 Å². The number of nitrogens with one attached hydrogen (secondary N) is 1. The van der Waals surface area contributed by atoms with Gasteiger partial charge in [-0.15, -0.1) is 0 Å². The molecule has 0 radical (unpaired) electrons. The molecule has 3 heterocycles. The first kappa shape index (κ1) is 21.6. The third-order valence-electron chi connectivity index (χ3n) is 5.96. The van der Waals surface area contributed by atoms with Gasteiger partial charge in [0.1, 0.15) is 5.82 Å². The minimum atomic E-state index is 0.258. The Morgan fingerprint density at radius 1 is 1.06 bits per heavy atom. The largest absolute Gasteiger partial charge is 0.375 e. The summed E-state index contributed by atoms with van der Waals surface area (Å²) in [5.41, 5.74) is 2.54. The lowest BCUT2D eigenvalue weighted by molar-refractivity contribution is 0.0529. The van der Waals surface area contributed by atoms with Crippen LogP contribution in [0.5, 0.6) is 0 Å². The molecule has 0 saturated carbocycles. The van der Waals surface area contributed by atoms with E-state index in [1.807, 2.05) is 13.2 Å². The Labute approximate surface area is 185 Å². The van der Waals surface area contributed by atoms with E-state index in [-0.39, 0.29) is 6.10 Å². The summed E-state index contributed by atoms with van der Waals surface area (Å²) in [5.74, 6) is 1.99. The molecule has 31 heavy (non-hydrogen) atoms. The van der Waals surface area contributed by atoms with E-state index in [0.717, 1.165) is 76.3 Å². The minimum absolute atomic E-state index is 0.258. The minimum Gasteiger partial charge on any atom is -0.375 e. The quantitative estimate of drug-likeness (QED) is 0.589. The SMILES string of the molecule is CN=C(NCc1ccc(N2CCOC(C)C2)nc1)N1CCN(Cc2ccccc2)CC1. The number of hydrogen-bond donors (Lipinski definition) is 1. The molecule has 7 nitrogen and oxygen atoms in total. The number of piperazine rings is 1. The first-order valence-electron chi connectivity index (χ1n) is 11.2. The van der Waals surface area contributed by atoms with Gasteiger partial charge < -0.3 is 19.9 Å². The van der Waals surface area contributed by atoms with Gasteiger partial charge in [0.2, 0.25) is 0 Å². The van der Waals surface area contributed by atoms with E-state index in [9.17, 15) is 0 Å². The summed E-state index contributed by atoms with van der Waals surface area (Å²) in [6.45, 7) is 10.5. The number of anilines is 1. The standard InChI is InChI=1S/C24H34N6O/c1-20-18-30(14-15-31-20)23-9-8-22(16-26-23)17-27-24(25-2)29-12-10-28(11-13-29)19-21-6-4-3-5-7-21/h3-9,16,20H,10-15,17-19H2,1-2H3,(H,25,27). The highest BCUT2D eigenvalue weighted by molar-refractivity contribution is 5.80. The number of benzene rings is 1. The van der Waals surface area contributed by atoms with Crippen molar-refractivity contribution < 1.29 is 4.74 Å². The lowest BCUT2D eigenvalue weighted by atomic mass is 10.2. The molecule has 7 heteroatoms. The summed E-state index contributed by atoms with van der Waals surface area (Å²) in [5, 5.41) is 3.51. The predicted octanol–water partition coefficient (Wildman–Crippen LogP) is 2.20. The van der Waals surface area contributed by atoms with Crippen LogP contribution in [0.4, 0.5) is 5.82 Å². The summed E-state index contributed by atoms with van der Waals surface area (Å²) < 4.78 is 5.62. The second-order valence-corrected chi connectivity index (χ2v) is 8.30. The van der Waals surface area contributed by atoms with Crippen molar-refractivity contribution in [2.24, 2.45) is 4.99 Å². The highest BCUT2D eigenvalue weighted by atomic mass is 16.5. The maximum Gasteiger partial charge on any atom is 0.194 e. The van der Waals surface area contributed by atoms with Gasteiger partial charge in [0.15, 0.2) is 5.96 Å². The zero-order valence-electron chi connectivity index (χ0n) is 18.7. The average molecular weight is 423 g/mol. The molecule has 0 spiro atoms. The fraction of sp³-hybridized carbons (Fsp3) is 0.500. The Kier molecular flexibility index (Phi) is 7.38. The third kappa shape index (κ3) is 5.95. The van der Waals surface area contributed by atoms with Crippen LogP contribution in [0.1, 0.15) is 18.1 Å². The monoisotopic (exact) mass is 422 g/mol. The molecule has 0 aliphatic carbocycles. The normalized spacial score (nSPS) is 20.7. The van der Waals surface area contributed by atoms with Gasteiger partial charge in [0, 0.05) is 65.6 Å². The van der Waals surface area contributed by atoms with Gasteiger partial charge in [-0.2, -0.15) is 0 Å². The zero-order chi connectivity index (χ0) is 21.5. The van der Waals surface area contributed by atoms with Gasteiger partial charge in [-0.3, -0.25) is 9.89 Å². The molecular weight excluding hydrogens is 388 g/mol. The zero-order valence-corrected chi connectivity index (χ0v) is 18.7. The highest BCUT2D eigenvalue weighted by Gasteiger charge is 2.20. The molecule has 1 N–H and O–H groups in total. The van der Waals surface area contributed by atoms with E-state index in [2.05, 4.69) is 79.4 Å². The Hall–Kier alpha value is -2.64. The van der Waals surface area contributed by atoms with Gasteiger partial charge in [-0.1, -0.05) is 36.4 Å². The second kappa shape index (κ2) is 10.6. The van der Waals surface area contributed by atoms with Crippen LogP contribution in [-0.4, -0.2) is 79.8 Å². The molecule has 2 aromatic rings. The first-order chi connectivity index (χ1) is 15.2. The molecule has 2 aliphatic heterocycles. The van der Waals surface area contributed by atoms with E-state index >= 15 is 0 Å². The third-order valence-corrected chi connectivity index (χ3v) is 5.96. The number of pyridine rings is 1. The molecule has 1 aromatic carbocycles. The first-order valence-corrected chi connectivity index (χ1v) is 11.2. The molecule has 0 bridgehead atoms. The van der Waals surface area contributed by atoms with E-state index in [1.54, 1.807) is 0 Å². The molecule has 2 saturated heterocycles. The number of hydrogen-bond acceptors (Lipinski definition) is 5. The smallest absolute Gasteiger partial charge is 0.194 e. The molecule has 2 aliphatic rings. The van der Waals surface area contributed by atoms with Crippen LogP contribution >= 0.6 is 0 Å². The molecule has 166 valence electrons. The molecule has 2 fully saturated rings. The molecule has 0 amide bonds. The predicted molar refractivity (Wildman–Crippen MR) is 125 cm³/mol. The van der Waals surface area contributed by atoms with E-state index in [4.69, 9.17) is 4.74 Å². The number of aromatic nitrogens is 1. The Bertz CT molecular complexity index is 833. The van der Waals surface area contributed by atoms with Crippen molar-refractivity contribution in [3.05, 3.63) is 59.8 Å². The van der Waals surface area contributed by atoms with E-state index in [1.165, 1.54) is 5.56 Å². The molecule has 1 atom stereocenters. The summed E-state index contributed by atoms with van der Waals surface area (Å²) >= 11 is 0. The van der Waals surface area contributed by atoms with Crippen molar-refractivity contribution in [1.82, 2.24) is 20.1 Å². The number of nitrogens with zero attached hydrogens (tertiary/aromatic N) is 5. The van der Waals surface area contributed by atoms with E-state index < -0.39 is 0 Å².